The van der Waals surface area contributed by atoms with Crippen molar-refractivity contribution in [3.8, 4) is 0 Å². The van der Waals surface area contributed by atoms with E-state index in [4.69, 9.17) is 11.6 Å². The first-order chi connectivity index (χ1) is 7.03. The Bertz CT molecular complexity index is 372. The van der Waals surface area contributed by atoms with E-state index in [0.717, 1.165) is 12.0 Å². The van der Waals surface area contributed by atoms with Gasteiger partial charge in [-0.3, -0.25) is 0 Å². The van der Waals surface area contributed by atoms with Crippen LogP contribution in [-0.4, -0.2) is 5.38 Å². The molecule has 0 amide bonds. The normalized spacial score (nSPS) is 20.0. The van der Waals surface area contributed by atoms with Crippen molar-refractivity contribution in [3.63, 3.8) is 0 Å². The molecule has 0 radical (unpaired) electrons. The number of hydrogen-bond donors (Lipinski definition) is 0. The van der Waals surface area contributed by atoms with Gasteiger partial charge in [0, 0.05) is 5.38 Å². The number of rotatable bonds is 3. The Hall–Kier alpha value is -0.0800. The molecular formula is C12H13BrClF. The first-order valence-corrected chi connectivity index (χ1v) is 6.34. The second kappa shape index (κ2) is 4.06. The highest BCUT2D eigenvalue weighted by atomic mass is 79.9. The van der Waals surface area contributed by atoms with Crippen molar-refractivity contribution < 1.29 is 4.39 Å². The van der Waals surface area contributed by atoms with Gasteiger partial charge in [0.25, 0.3) is 0 Å². The summed E-state index contributed by atoms with van der Waals surface area (Å²) >= 11 is 9.37. The van der Waals surface area contributed by atoms with Crippen LogP contribution in [0.4, 0.5) is 4.39 Å². The average Bonchev–Trinajstić information content (AvgIpc) is 2.93. The summed E-state index contributed by atoms with van der Waals surface area (Å²) in [4.78, 5) is 0. The van der Waals surface area contributed by atoms with Gasteiger partial charge in [0.2, 0.25) is 0 Å². The zero-order valence-corrected chi connectivity index (χ0v) is 10.9. The summed E-state index contributed by atoms with van der Waals surface area (Å²) in [7, 11) is 0. The van der Waals surface area contributed by atoms with Gasteiger partial charge in [-0.15, -0.1) is 11.6 Å². The molecule has 1 atom stereocenters. The maximum absolute atomic E-state index is 13.0. The number of halogens is 3. The SMILES string of the molecule is CC(Cl)C1(Cc2ccc(F)c(Br)c2)CC1. The molecule has 1 aromatic rings. The minimum Gasteiger partial charge on any atom is -0.206 e. The average molecular weight is 292 g/mol. The summed E-state index contributed by atoms with van der Waals surface area (Å²) in [5.41, 5.74) is 1.42. The van der Waals surface area contributed by atoms with E-state index in [2.05, 4.69) is 15.9 Å². The van der Waals surface area contributed by atoms with Crippen molar-refractivity contribution >= 4 is 27.5 Å². The van der Waals surface area contributed by atoms with Crippen molar-refractivity contribution in [1.82, 2.24) is 0 Å². The topological polar surface area (TPSA) is 0 Å². The van der Waals surface area contributed by atoms with Gasteiger partial charge in [-0.25, -0.2) is 4.39 Å². The molecule has 0 N–H and O–H groups in total. The molecule has 2 rings (SSSR count). The smallest absolute Gasteiger partial charge is 0.137 e. The first kappa shape index (κ1) is 11.4. The molecule has 0 nitrogen and oxygen atoms in total. The first-order valence-electron chi connectivity index (χ1n) is 5.11. The standard InChI is InChI=1S/C12H13BrClF/c1-8(14)12(4-5-12)7-9-2-3-11(15)10(13)6-9/h2-3,6,8H,4-5,7H2,1H3. The van der Waals surface area contributed by atoms with E-state index in [-0.39, 0.29) is 16.6 Å². The van der Waals surface area contributed by atoms with Gasteiger partial charge in [0.1, 0.15) is 5.82 Å². The van der Waals surface area contributed by atoms with Gasteiger partial charge in [-0.1, -0.05) is 6.07 Å². The van der Waals surface area contributed by atoms with Crippen LogP contribution in [0.2, 0.25) is 0 Å². The van der Waals surface area contributed by atoms with Crippen LogP contribution in [0.1, 0.15) is 25.3 Å². The van der Waals surface area contributed by atoms with Crippen LogP contribution in [0, 0.1) is 11.2 Å². The molecule has 0 saturated heterocycles. The van der Waals surface area contributed by atoms with Gasteiger partial charge in [-0.05, 0) is 65.2 Å². The fraction of sp³-hybridized carbons (Fsp3) is 0.500. The molecule has 1 fully saturated rings. The predicted octanol–water partition coefficient (Wildman–Crippen LogP) is 4.54. The molecule has 0 bridgehead atoms. The second-order valence-corrected chi connectivity index (χ2v) is 5.91. The highest BCUT2D eigenvalue weighted by Crippen LogP contribution is 2.53. The molecule has 1 aromatic carbocycles. The third-order valence-electron chi connectivity index (χ3n) is 3.28. The summed E-state index contributed by atoms with van der Waals surface area (Å²) in [6.07, 6.45) is 3.33. The summed E-state index contributed by atoms with van der Waals surface area (Å²) in [5, 5.41) is 0.196. The van der Waals surface area contributed by atoms with E-state index in [9.17, 15) is 4.39 Å². The maximum Gasteiger partial charge on any atom is 0.137 e. The third-order valence-corrected chi connectivity index (χ3v) is 4.35. The number of hydrogen-bond acceptors (Lipinski definition) is 0. The molecule has 0 aliphatic heterocycles. The van der Waals surface area contributed by atoms with Crippen LogP contribution in [0.3, 0.4) is 0 Å². The van der Waals surface area contributed by atoms with E-state index >= 15 is 0 Å². The van der Waals surface area contributed by atoms with E-state index in [0.29, 0.717) is 4.47 Å². The minimum atomic E-state index is -0.206. The lowest BCUT2D eigenvalue weighted by atomic mass is 9.93. The fourth-order valence-electron chi connectivity index (χ4n) is 1.93. The van der Waals surface area contributed by atoms with Crippen LogP contribution in [-0.2, 0) is 6.42 Å². The van der Waals surface area contributed by atoms with Crippen LogP contribution < -0.4 is 0 Å². The highest BCUT2D eigenvalue weighted by molar-refractivity contribution is 9.10. The Morgan fingerprint density at radius 1 is 1.53 bits per heavy atom. The second-order valence-electron chi connectivity index (χ2n) is 4.40. The van der Waals surface area contributed by atoms with Gasteiger partial charge in [0.15, 0.2) is 0 Å². The minimum absolute atomic E-state index is 0.196. The molecule has 1 aliphatic carbocycles. The van der Waals surface area contributed by atoms with E-state index < -0.39 is 0 Å². The van der Waals surface area contributed by atoms with Crippen molar-refractivity contribution in [3.05, 3.63) is 34.1 Å². The molecule has 0 aromatic heterocycles. The lowest BCUT2D eigenvalue weighted by Crippen LogP contribution is -2.15. The van der Waals surface area contributed by atoms with E-state index in [1.807, 2.05) is 19.1 Å². The van der Waals surface area contributed by atoms with E-state index in [1.54, 1.807) is 0 Å². The van der Waals surface area contributed by atoms with E-state index in [1.165, 1.54) is 18.9 Å². The Morgan fingerprint density at radius 3 is 2.67 bits per heavy atom. The lowest BCUT2D eigenvalue weighted by Gasteiger charge is -2.17. The Balaban J connectivity index is 2.15. The van der Waals surface area contributed by atoms with Crippen molar-refractivity contribution in [2.75, 3.05) is 0 Å². The molecule has 0 spiro atoms. The fourth-order valence-corrected chi connectivity index (χ4v) is 2.65. The summed E-state index contributed by atoms with van der Waals surface area (Å²) in [6, 6.07) is 5.21. The predicted molar refractivity (Wildman–Crippen MR) is 64.8 cm³/mol. The van der Waals surface area contributed by atoms with Crippen molar-refractivity contribution in [1.29, 1.82) is 0 Å². The summed E-state index contributed by atoms with van der Waals surface area (Å²) in [6.45, 7) is 2.05. The van der Waals surface area contributed by atoms with Crippen LogP contribution in [0.5, 0.6) is 0 Å². The van der Waals surface area contributed by atoms with Crippen LogP contribution in [0.25, 0.3) is 0 Å². The van der Waals surface area contributed by atoms with Crippen LogP contribution >= 0.6 is 27.5 Å². The zero-order chi connectivity index (χ0) is 11.1. The molecule has 1 aliphatic rings. The Labute approximate surface area is 103 Å². The quantitative estimate of drug-likeness (QED) is 0.717. The Morgan fingerprint density at radius 2 is 2.20 bits per heavy atom. The summed E-state index contributed by atoms with van der Waals surface area (Å²) < 4.78 is 13.6. The largest absolute Gasteiger partial charge is 0.206 e. The number of alkyl halides is 1. The molecule has 82 valence electrons. The Kier molecular flexibility index (Phi) is 3.09. The molecule has 3 heteroatoms. The maximum atomic E-state index is 13.0. The monoisotopic (exact) mass is 290 g/mol. The van der Waals surface area contributed by atoms with Gasteiger partial charge in [-0.2, -0.15) is 0 Å². The van der Waals surface area contributed by atoms with Gasteiger partial charge < -0.3 is 0 Å². The zero-order valence-electron chi connectivity index (χ0n) is 8.56. The molecular weight excluding hydrogens is 278 g/mol. The summed E-state index contributed by atoms with van der Waals surface area (Å²) in [5.74, 6) is -0.206. The van der Waals surface area contributed by atoms with Gasteiger partial charge >= 0.3 is 0 Å². The van der Waals surface area contributed by atoms with Gasteiger partial charge in [0.05, 0.1) is 4.47 Å². The molecule has 1 unspecified atom stereocenters. The lowest BCUT2D eigenvalue weighted by molar-refractivity contribution is 0.495. The number of benzene rings is 1. The van der Waals surface area contributed by atoms with Crippen molar-refractivity contribution in [2.45, 2.75) is 31.6 Å². The molecule has 0 heterocycles. The van der Waals surface area contributed by atoms with Crippen molar-refractivity contribution in [2.24, 2.45) is 5.41 Å². The van der Waals surface area contributed by atoms with Crippen LogP contribution in [0.15, 0.2) is 22.7 Å². The highest BCUT2D eigenvalue weighted by Gasteiger charge is 2.46. The molecule has 15 heavy (non-hydrogen) atoms. The third kappa shape index (κ3) is 2.36. The molecule has 1 saturated carbocycles.